The summed E-state index contributed by atoms with van der Waals surface area (Å²) in [6.45, 7) is 2.31. The maximum Gasteiger partial charge on any atom is 0.322 e. The predicted octanol–water partition coefficient (Wildman–Crippen LogP) is 2.69. The van der Waals surface area contributed by atoms with Crippen molar-refractivity contribution in [3.63, 3.8) is 0 Å². The molecule has 0 aliphatic rings. The number of aromatic nitrogens is 2. The van der Waals surface area contributed by atoms with Crippen LogP contribution in [0.4, 0.5) is 0 Å². The molecule has 1 aromatic carbocycles. The second-order valence-electron chi connectivity index (χ2n) is 3.57. The molecule has 0 aliphatic heterocycles. The molecule has 0 unspecified atom stereocenters. The van der Waals surface area contributed by atoms with Gasteiger partial charge in [-0.05, 0) is 30.7 Å². The minimum atomic E-state index is 0.249. The molecule has 0 saturated carbocycles. The highest BCUT2D eigenvalue weighted by atomic mass is 35.5. The van der Waals surface area contributed by atoms with Gasteiger partial charge in [0, 0.05) is 12.7 Å². The van der Waals surface area contributed by atoms with Crippen molar-refractivity contribution in [2.24, 2.45) is 5.73 Å². The van der Waals surface area contributed by atoms with Crippen LogP contribution < -0.4 is 10.5 Å². The summed E-state index contributed by atoms with van der Waals surface area (Å²) in [5, 5.41) is 0.534. The molecule has 2 rings (SSSR count). The monoisotopic (exact) mass is 249 g/mol. The number of ether oxygens (including phenoxy) is 1. The fourth-order valence-electron chi connectivity index (χ4n) is 1.33. The molecule has 0 atom stereocenters. The third-order valence-corrected chi connectivity index (χ3v) is 2.48. The highest BCUT2D eigenvalue weighted by Crippen LogP contribution is 2.28. The van der Waals surface area contributed by atoms with Crippen LogP contribution in [0.3, 0.4) is 0 Å². The first-order chi connectivity index (χ1) is 8.19. The van der Waals surface area contributed by atoms with E-state index in [-0.39, 0.29) is 6.01 Å². The lowest BCUT2D eigenvalue weighted by Gasteiger charge is -2.06. The van der Waals surface area contributed by atoms with Gasteiger partial charge in [0.1, 0.15) is 5.75 Å². The Bertz CT molecular complexity index is 531. The molecule has 2 N–H and O–H groups in total. The van der Waals surface area contributed by atoms with Crippen LogP contribution in [-0.4, -0.2) is 9.97 Å². The van der Waals surface area contributed by atoms with E-state index in [4.69, 9.17) is 22.1 Å². The lowest BCUT2D eigenvalue weighted by Crippen LogP contribution is -2.01. The van der Waals surface area contributed by atoms with Crippen molar-refractivity contribution in [3.8, 4) is 11.8 Å². The Morgan fingerprint density at radius 3 is 2.88 bits per heavy atom. The van der Waals surface area contributed by atoms with Gasteiger partial charge in [0.2, 0.25) is 0 Å². The Hall–Kier alpha value is -1.65. The number of rotatable bonds is 3. The predicted molar refractivity (Wildman–Crippen MR) is 66.2 cm³/mol. The van der Waals surface area contributed by atoms with Crippen LogP contribution in [0.25, 0.3) is 0 Å². The summed E-state index contributed by atoms with van der Waals surface area (Å²) in [5.41, 5.74) is 7.28. The van der Waals surface area contributed by atoms with Crippen molar-refractivity contribution in [1.29, 1.82) is 0 Å². The van der Waals surface area contributed by atoms with Crippen molar-refractivity contribution < 1.29 is 4.74 Å². The maximum atomic E-state index is 6.05. The van der Waals surface area contributed by atoms with Crippen molar-refractivity contribution in [1.82, 2.24) is 9.97 Å². The van der Waals surface area contributed by atoms with Gasteiger partial charge in [-0.1, -0.05) is 17.7 Å². The molecule has 0 amide bonds. The van der Waals surface area contributed by atoms with E-state index in [0.717, 1.165) is 11.3 Å². The van der Waals surface area contributed by atoms with E-state index in [2.05, 4.69) is 9.97 Å². The highest BCUT2D eigenvalue weighted by Gasteiger charge is 2.05. The molecule has 2 aromatic rings. The largest absolute Gasteiger partial charge is 0.423 e. The van der Waals surface area contributed by atoms with Gasteiger partial charge in [0.05, 0.1) is 10.7 Å². The smallest absolute Gasteiger partial charge is 0.322 e. The molecule has 0 saturated heterocycles. The van der Waals surface area contributed by atoms with Crippen LogP contribution in [-0.2, 0) is 6.54 Å². The average Bonchev–Trinajstić information content (AvgIpc) is 2.33. The highest BCUT2D eigenvalue weighted by molar-refractivity contribution is 6.32. The van der Waals surface area contributed by atoms with E-state index >= 15 is 0 Å². The SMILES string of the molecule is Cc1ccc(Oc2nccc(CN)n2)c(Cl)c1. The molecular weight excluding hydrogens is 238 g/mol. The van der Waals surface area contributed by atoms with Crippen molar-refractivity contribution in [3.05, 3.63) is 46.7 Å². The third kappa shape index (κ3) is 2.93. The van der Waals surface area contributed by atoms with E-state index in [1.807, 2.05) is 19.1 Å². The zero-order valence-electron chi connectivity index (χ0n) is 9.35. The van der Waals surface area contributed by atoms with E-state index in [0.29, 0.717) is 17.3 Å². The van der Waals surface area contributed by atoms with Gasteiger partial charge in [0.15, 0.2) is 0 Å². The standard InChI is InChI=1S/C12H12ClN3O/c1-8-2-3-11(10(13)6-8)17-12-15-5-4-9(7-14)16-12/h2-6H,7,14H2,1H3. The number of aryl methyl sites for hydroxylation is 1. The average molecular weight is 250 g/mol. The van der Waals surface area contributed by atoms with E-state index in [9.17, 15) is 0 Å². The fourth-order valence-corrected chi connectivity index (χ4v) is 1.60. The van der Waals surface area contributed by atoms with Crippen LogP contribution in [0.2, 0.25) is 5.02 Å². The zero-order chi connectivity index (χ0) is 12.3. The Morgan fingerprint density at radius 2 is 2.18 bits per heavy atom. The Balaban J connectivity index is 2.25. The molecule has 0 spiro atoms. The molecule has 1 aromatic heterocycles. The van der Waals surface area contributed by atoms with Crippen LogP contribution in [0.1, 0.15) is 11.3 Å². The zero-order valence-corrected chi connectivity index (χ0v) is 10.1. The number of hydrogen-bond acceptors (Lipinski definition) is 4. The lowest BCUT2D eigenvalue weighted by molar-refractivity contribution is 0.439. The summed E-state index contributed by atoms with van der Waals surface area (Å²) in [7, 11) is 0. The summed E-state index contributed by atoms with van der Waals surface area (Å²) >= 11 is 6.05. The van der Waals surface area contributed by atoms with Crippen LogP contribution >= 0.6 is 11.6 Å². The van der Waals surface area contributed by atoms with Gasteiger partial charge in [-0.25, -0.2) is 4.98 Å². The first-order valence-electron chi connectivity index (χ1n) is 5.15. The normalized spacial score (nSPS) is 10.3. The summed E-state index contributed by atoms with van der Waals surface area (Å²) < 4.78 is 5.50. The molecule has 0 fully saturated rings. The van der Waals surface area contributed by atoms with Crippen molar-refractivity contribution in [2.45, 2.75) is 13.5 Å². The fraction of sp³-hybridized carbons (Fsp3) is 0.167. The minimum Gasteiger partial charge on any atom is -0.423 e. The van der Waals surface area contributed by atoms with E-state index < -0.39 is 0 Å². The second-order valence-corrected chi connectivity index (χ2v) is 3.98. The summed E-state index contributed by atoms with van der Waals surface area (Å²) in [5.74, 6) is 0.534. The molecule has 1 heterocycles. The Morgan fingerprint density at radius 1 is 1.35 bits per heavy atom. The maximum absolute atomic E-state index is 6.05. The number of hydrogen-bond donors (Lipinski definition) is 1. The first-order valence-corrected chi connectivity index (χ1v) is 5.53. The van der Waals surface area contributed by atoms with E-state index in [1.54, 1.807) is 18.3 Å². The Kier molecular flexibility index (Phi) is 3.56. The topological polar surface area (TPSA) is 61.0 Å². The summed E-state index contributed by atoms with van der Waals surface area (Å²) in [6.07, 6.45) is 1.60. The van der Waals surface area contributed by atoms with Crippen LogP contribution in [0.5, 0.6) is 11.8 Å². The van der Waals surface area contributed by atoms with Gasteiger partial charge in [0.25, 0.3) is 0 Å². The van der Waals surface area contributed by atoms with E-state index in [1.165, 1.54) is 0 Å². The Labute approximate surface area is 104 Å². The minimum absolute atomic E-state index is 0.249. The molecule has 17 heavy (non-hydrogen) atoms. The van der Waals surface area contributed by atoms with Gasteiger partial charge in [-0.15, -0.1) is 0 Å². The van der Waals surface area contributed by atoms with Crippen molar-refractivity contribution in [2.75, 3.05) is 0 Å². The lowest BCUT2D eigenvalue weighted by atomic mass is 10.2. The first kappa shape index (κ1) is 11.8. The van der Waals surface area contributed by atoms with Gasteiger partial charge >= 0.3 is 6.01 Å². The molecule has 0 radical (unpaired) electrons. The number of nitrogens with zero attached hydrogens (tertiary/aromatic N) is 2. The van der Waals surface area contributed by atoms with Gasteiger partial charge in [-0.3, -0.25) is 0 Å². The number of halogens is 1. The van der Waals surface area contributed by atoms with Gasteiger partial charge in [-0.2, -0.15) is 4.98 Å². The number of nitrogens with two attached hydrogens (primary N) is 1. The molecule has 4 nitrogen and oxygen atoms in total. The van der Waals surface area contributed by atoms with Crippen LogP contribution in [0, 0.1) is 6.92 Å². The molecule has 88 valence electrons. The van der Waals surface area contributed by atoms with Crippen LogP contribution in [0.15, 0.2) is 30.5 Å². The summed E-state index contributed by atoms with van der Waals surface area (Å²) in [6, 6.07) is 7.51. The third-order valence-electron chi connectivity index (χ3n) is 2.19. The molecular formula is C12H12ClN3O. The molecule has 0 aliphatic carbocycles. The quantitative estimate of drug-likeness (QED) is 0.909. The van der Waals surface area contributed by atoms with Crippen molar-refractivity contribution >= 4 is 11.6 Å². The molecule has 5 heteroatoms. The van der Waals surface area contributed by atoms with Gasteiger partial charge < -0.3 is 10.5 Å². The molecule has 0 bridgehead atoms. The second kappa shape index (κ2) is 5.12. The number of benzene rings is 1. The summed E-state index contributed by atoms with van der Waals surface area (Å²) in [4.78, 5) is 8.13.